The van der Waals surface area contributed by atoms with Crippen molar-refractivity contribution in [2.24, 2.45) is 0 Å². The van der Waals surface area contributed by atoms with Crippen molar-refractivity contribution in [2.45, 2.75) is 29.3 Å². The van der Waals surface area contributed by atoms with Gasteiger partial charge in [-0.05, 0) is 60.0 Å². The van der Waals surface area contributed by atoms with Crippen molar-refractivity contribution in [2.75, 3.05) is 18.4 Å². The van der Waals surface area contributed by atoms with Crippen molar-refractivity contribution in [3.8, 4) is 5.69 Å². The van der Waals surface area contributed by atoms with E-state index in [0.717, 1.165) is 37.1 Å². The van der Waals surface area contributed by atoms with Crippen molar-refractivity contribution < 1.29 is 73.9 Å². The van der Waals surface area contributed by atoms with Gasteiger partial charge in [0.15, 0.2) is 0 Å². The zero-order valence-corrected chi connectivity index (χ0v) is 23.0. The largest absolute Gasteiger partial charge is 1.00 e. The Balaban J connectivity index is 0.00000324. The molecule has 4 rings (SSSR count). The van der Waals surface area contributed by atoms with Crippen LogP contribution in [0.1, 0.15) is 29.6 Å². The molecule has 2 amide bonds. The monoisotopic (exact) mass is 526 g/mol. The molecule has 0 spiro atoms. The summed E-state index contributed by atoms with van der Waals surface area (Å²) in [5.74, 6) is -0.756. The van der Waals surface area contributed by atoms with Crippen LogP contribution in [0.15, 0.2) is 58.6 Å². The second kappa shape index (κ2) is 11.9. The van der Waals surface area contributed by atoms with Crippen LogP contribution in [0, 0.1) is 0 Å². The Labute approximate surface area is 242 Å². The van der Waals surface area contributed by atoms with E-state index in [2.05, 4.69) is 20.8 Å². The molecule has 3 aromatic rings. The number of carbonyl (C=O) groups is 2. The summed E-state index contributed by atoms with van der Waals surface area (Å²) < 4.78 is 35.8. The number of nitrogens with one attached hydrogen (secondary N) is 1. The van der Waals surface area contributed by atoms with Gasteiger partial charge in [0.25, 0.3) is 11.1 Å². The smallest absolute Gasteiger partial charge is 0.744 e. The number of piperidine rings is 1. The summed E-state index contributed by atoms with van der Waals surface area (Å²) in [7, 11) is -4.82. The van der Waals surface area contributed by atoms with E-state index in [9.17, 15) is 22.6 Å². The second-order valence-electron chi connectivity index (χ2n) is 7.24. The van der Waals surface area contributed by atoms with E-state index in [0.29, 0.717) is 24.5 Å². The van der Waals surface area contributed by atoms with E-state index in [-0.39, 0.29) is 67.3 Å². The maximum Gasteiger partial charge on any atom is 1.00 e. The summed E-state index contributed by atoms with van der Waals surface area (Å²) in [6, 6.07) is 11.7. The molecule has 1 aliphatic rings. The Morgan fingerprint density at radius 3 is 2.50 bits per heavy atom. The second-order valence-corrected chi connectivity index (χ2v) is 9.51. The molecule has 0 saturated carbocycles. The van der Waals surface area contributed by atoms with Gasteiger partial charge in [-0.1, -0.05) is 18.2 Å². The van der Waals surface area contributed by atoms with Crippen LogP contribution in [0.2, 0.25) is 0 Å². The molecule has 172 valence electrons. The van der Waals surface area contributed by atoms with Crippen molar-refractivity contribution >= 4 is 38.7 Å². The number of hydrogen-bond donors (Lipinski definition) is 1. The summed E-state index contributed by atoms with van der Waals surface area (Å²) >= 11 is 0.925. The molecule has 1 fully saturated rings. The van der Waals surface area contributed by atoms with Crippen molar-refractivity contribution in [1.82, 2.24) is 25.1 Å². The Hall–Kier alpha value is -1.65. The van der Waals surface area contributed by atoms with Gasteiger partial charge in [0.2, 0.25) is 5.16 Å². The van der Waals surface area contributed by atoms with Gasteiger partial charge in [0.05, 0.1) is 16.1 Å². The third kappa shape index (κ3) is 6.51. The maximum absolute atomic E-state index is 12.7. The topological polar surface area (TPSA) is 150 Å². The van der Waals surface area contributed by atoms with Gasteiger partial charge in [-0.3, -0.25) is 9.59 Å². The average molecular weight is 527 g/mol. The predicted molar refractivity (Wildman–Crippen MR) is 118 cm³/mol. The number of nitrogens with zero attached hydrogens (tertiary/aromatic N) is 5. The van der Waals surface area contributed by atoms with Crippen molar-refractivity contribution in [3.05, 3.63) is 54.1 Å². The van der Waals surface area contributed by atoms with E-state index in [4.69, 9.17) is 0 Å². The van der Waals surface area contributed by atoms with Crippen LogP contribution in [0.25, 0.3) is 5.69 Å². The van der Waals surface area contributed by atoms with E-state index < -0.39 is 20.9 Å². The van der Waals surface area contributed by atoms with E-state index >= 15 is 0 Å². The van der Waals surface area contributed by atoms with Crippen LogP contribution in [0.3, 0.4) is 0 Å². The van der Waals surface area contributed by atoms with Gasteiger partial charge in [-0.15, -0.1) is 5.10 Å². The van der Waals surface area contributed by atoms with E-state index in [1.54, 1.807) is 29.2 Å². The third-order valence-corrected chi connectivity index (χ3v) is 6.75. The van der Waals surface area contributed by atoms with Crippen LogP contribution in [0.5, 0.6) is 0 Å². The van der Waals surface area contributed by atoms with Gasteiger partial charge in [-0.25, -0.2) is 8.42 Å². The first kappa shape index (κ1) is 26.9. The Morgan fingerprint density at radius 1 is 1.03 bits per heavy atom. The number of rotatable bonds is 5. The quantitative estimate of drug-likeness (QED) is 0.264. The molecule has 0 aliphatic carbocycles. The summed E-state index contributed by atoms with van der Waals surface area (Å²) in [6.07, 6.45) is 3.04. The van der Waals surface area contributed by atoms with Crippen LogP contribution < -0.4 is 56.7 Å². The number of carbonyl (C=O) groups excluding carboxylic acids is 2. The maximum atomic E-state index is 12.7. The van der Waals surface area contributed by atoms with Gasteiger partial charge in [0, 0.05) is 30.5 Å². The minimum absolute atomic E-state index is 0. The molecule has 1 aromatic heterocycles. The molecule has 0 bridgehead atoms. The number of tetrazole rings is 1. The molecule has 34 heavy (non-hydrogen) atoms. The summed E-state index contributed by atoms with van der Waals surface area (Å²) in [6.45, 7) is 1.41. The number of anilines is 1. The fraction of sp³-hybridized carbons (Fsp3) is 0.250. The van der Waals surface area contributed by atoms with E-state index in [1.807, 2.05) is 0 Å². The zero-order chi connectivity index (χ0) is 23.4. The first-order valence-corrected chi connectivity index (χ1v) is 12.3. The number of likely N-dealkylation sites (tertiary alicyclic amines) is 1. The van der Waals surface area contributed by atoms with Crippen molar-refractivity contribution in [1.29, 1.82) is 0 Å². The van der Waals surface area contributed by atoms with Gasteiger partial charge < -0.3 is 14.8 Å². The molecule has 0 unspecified atom stereocenters. The number of thioether (sulfide) groups is 1. The molecule has 11 nitrogen and oxygen atoms in total. The molecule has 14 heteroatoms. The molecule has 0 atom stereocenters. The minimum Gasteiger partial charge on any atom is -0.744 e. The first-order valence-electron chi connectivity index (χ1n) is 10.0. The van der Waals surface area contributed by atoms with Crippen LogP contribution >= 0.6 is 11.8 Å². The van der Waals surface area contributed by atoms with Crippen LogP contribution in [-0.4, -0.2) is 62.3 Å². The Morgan fingerprint density at radius 2 is 1.76 bits per heavy atom. The Bertz CT molecular complexity index is 1290. The number of benzene rings is 2. The predicted octanol–water partition coefficient (Wildman–Crippen LogP) is -0.479. The first-order chi connectivity index (χ1) is 15.8. The third-order valence-electron chi connectivity index (χ3n) is 4.98. The zero-order valence-electron chi connectivity index (χ0n) is 18.2. The molecule has 1 aliphatic heterocycles. The SMILES string of the molecule is O=C(Nc1cccc(-n2nnnc2SC(=O)N2CCCCC2)c1)c1ccccc1S(=O)(=O)[O-].[K+]. The molecule has 1 N–H and O–H groups in total. The Kier molecular flexibility index (Phi) is 9.39. The normalized spacial score (nSPS) is 13.7. The summed E-state index contributed by atoms with van der Waals surface area (Å²) in [4.78, 5) is 26.4. The molecular formula is C20H19KN6O5S2. The number of aromatic nitrogens is 4. The summed E-state index contributed by atoms with van der Waals surface area (Å²) in [5, 5.41) is 14.2. The number of hydrogen-bond acceptors (Lipinski definition) is 9. The average Bonchev–Trinajstić information content (AvgIpc) is 3.27. The van der Waals surface area contributed by atoms with Gasteiger partial charge >= 0.3 is 51.4 Å². The van der Waals surface area contributed by atoms with Gasteiger partial charge in [-0.2, -0.15) is 4.68 Å². The fourth-order valence-electron chi connectivity index (χ4n) is 3.41. The van der Waals surface area contributed by atoms with E-state index in [1.165, 1.54) is 22.9 Å². The van der Waals surface area contributed by atoms with Gasteiger partial charge in [0.1, 0.15) is 10.1 Å². The standard InChI is InChI=1S/C20H20N6O5S2.K/c27-18(16-9-2-3-10-17(16)33(29,30)31)21-14-7-6-8-15(13-14)26-19(22-23-24-26)32-20(28)25-11-4-1-5-12-25;/h2-3,6-10,13H,1,4-5,11-12H2,(H,21,27)(H,29,30,31);/q;+1/p-1. The molecule has 2 heterocycles. The van der Waals surface area contributed by atoms with Crippen molar-refractivity contribution in [3.63, 3.8) is 0 Å². The minimum atomic E-state index is -4.82. The molecular weight excluding hydrogens is 507 g/mol. The molecule has 2 aromatic carbocycles. The molecule has 1 saturated heterocycles. The fourth-order valence-corrected chi connectivity index (χ4v) is 4.86. The molecule has 0 radical (unpaired) electrons. The van der Waals surface area contributed by atoms with Crippen LogP contribution in [0.4, 0.5) is 10.5 Å². The number of amides is 2. The summed E-state index contributed by atoms with van der Waals surface area (Å²) in [5.41, 5.74) is 0.546. The van der Waals surface area contributed by atoms with Crippen LogP contribution in [-0.2, 0) is 10.1 Å².